The van der Waals surface area contributed by atoms with Gasteiger partial charge in [-0.1, -0.05) is 35.3 Å². The van der Waals surface area contributed by atoms with E-state index in [1.165, 1.54) is 0 Å². The fraction of sp³-hybridized carbons (Fsp3) is 0.267. The van der Waals surface area contributed by atoms with E-state index < -0.39 is 11.9 Å². The standard InChI is InChI=1S/C15H12Cl2N4O/c16-10-5-3-8(4-6-10)11(7-18)19-15(22)14-12(17)13(20-21-14)9-1-2-9/h3-6,9,11H,1-2H2,(H,19,22)(H,20,21)/t11-/m0/s1. The van der Waals surface area contributed by atoms with Crippen molar-refractivity contribution in [3.8, 4) is 6.07 Å². The van der Waals surface area contributed by atoms with Crippen LogP contribution in [-0.2, 0) is 0 Å². The Morgan fingerprint density at radius 2 is 2.05 bits per heavy atom. The van der Waals surface area contributed by atoms with Crippen LogP contribution in [0.5, 0.6) is 0 Å². The predicted molar refractivity (Wildman–Crippen MR) is 82.8 cm³/mol. The van der Waals surface area contributed by atoms with Gasteiger partial charge in [0.1, 0.15) is 6.04 Å². The maximum Gasteiger partial charge on any atom is 0.274 e. The highest BCUT2D eigenvalue weighted by atomic mass is 35.5. The lowest BCUT2D eigenvalue weighted by molar-refractivity contribution is 0.0940. The number of nitrogens with one attached hydrogen (secondary N) is 2. The van der Waals surface area contributed by atoms with Gasteiger partial charge in [-0.25, -0.2) is 0 Å². The van der Waals surface area contributed by atoms with E-state index in [0.717, 1.165) is 18.5 Å². The zero-order chi connectivity index (χ0) is 15.7. The number of carbonyl (C=O) groups is 1. The van der Waals surface area contributed by atoms with Crippen molar-refractivity contribution in [1.82, 2.24) is 15.5 Å². The summed E-state index contributed by atoms with van der Waals surface area (Å²) in [6.07, 6.45) is 2.10. The van der Waals surface area contributed by atoms with E-state index in [2.05, 4.69) is 15.5 Å². The molecule has 2 aromatic rings. The van der Waals surface area contributed by atoms with Gasteiger partial charge in [-0.2, -0.15) is 10.4 Å². The number of amides is 1. The Balaban J connectivity index is 1.77. The summed E-state index contributed by atoms with van der Waals surface area (Å²) >= 11 is 12.0. The van der Waals surface area contributed by atoms with Crippen LogP contribution < -0.4 is 5.32 Å². The van der Waals surface area contributed by atoms with Crippen molar-refractivity contribution >= 4 is 29.1 Å². The number of hydrogen-bond acceptors (Lipinski definition) is 3. The van der Waals surface area contributed by atoms with Crippen molar-refractivity contribution < 1.29 is 4.79 Å². The van der Waals surface area contributed by atoms with Gasteiger partial charge >= 0.3 is 0 Å². The highest BCUT2D eigenvalue weighted by molar-refractivity contribution is 6.34. The van der Waals surface area contributed by atoms with Crippen LogP contribution in [0.3, 0.4) is 0 Å². The van der Waals surface area contributed by atoms with E-state index in [0.29, 0.717) is 21.5 Å². The molecule has 1 aromatic heterocycles. The third-order valence-corrected chi connectivity index (χ3v) is 4.18. The molecule has 0 aliphatic heterocycles. The molecule has 22 heavy (non-hydrogen) atoms. The van der Waals surface area contributed by atoms with Crippen molar-refractivity contribution in [2.45, 2.75) is 24.8 Å². The van der Waals surface area contributed by atoms with Gasteiger partial charge in [-0.15, -0.1) is 0 Å². The van der Waals surface area contributed by atoms with Crippen molar-refractivity contribution in [2.75, 3.05) is 0 Å². The number of halogens is 2. The van der Waals surface area contributed by atoms with Gasteiger partial charge in [-0.05, 0) is 30.5 Å². The Morgan fingerprint density at radius 1 is 1.36 bits per heavy atom. The molecule has 1 aliphatic carbocycles. The molecule has 1 saturated carbocycles. The van der Waals surface area contributed by atoms with E-state index in [1.54, 1.807) is 24.3 Å². The smallest absolute Gasteiger partial charge is 0.274 e. The molecule has 0 radical (unpaired) electrons. The molecule has 1 fully saturated rings. The van der Waals surface area contributed by atoms with Crippen LogP contribution in [0.4, 0.5) is 0 Å². The molecule has 1 aliphatic rings. The molecule has 1 atom stereocenters. The molecule has 0 bridgehead atoms. The summed E-state index contributed by atoms with van der Waals surface area (Å²) in [5, 5.41) is 19.6. The Morgan fingerprint density at radius 3 is 2.64 bits per heavy atom. The average Bonchev–Trinajstić information content (AvgIpc) is 3.28. The molecule has 1 amide bonds. The Kier molecular flexibility index (Phi) is 4.06. The van der Waals surface area contributed by atoms with Crippen LogP contribution in [0, 0.1) is 11.3 Å². The number of nitrogens with zero attached hydrogens (tertiary/aromatic N) is 2. The highest BCUT2D eigenvalue weighted by Gasteiger charge is 2.31. The SMILES string of the molecule is N#C[C@H](NC(=O)c1n[nH]c(C2CC2)c1Cl)c1ccc(Cl)cc1. The minimum atomic E-state index is -0.790. The highest BCUT2D eigenvalue weighted by Crippen LogP contribution is 2.42. The molecule has 1 heterocycles. The van der Waals surface area contributed by atoms with Crippen LogP contribution in [-0.4, -0.2) is 16.1 Å². The molecule has 0 unspecified atom stereocenters. The van der Waals surface area contributed by atoms with E-state index in [1.807, 2.05) is 6.07 Å². The Hall–Kier alpha value is -2.03. The molecule has 2 N–H and O–H groups in total. The second kappa shape index (κ2) is 5.99. The summed E-state index contributed by atoms with van der Waals surface area (Å²) in [5.74, 6) is -0.112. The largest absolute Gasteiger partial charge is 0.331 e. The molecule has 1 aromatic carbocycles. The van der Waals surface area contributed by atoms with E-state index in [-0.39, 0.29) is 5.69 Å². The van der Waals surface area contributed by atoms with Crippen molar-refractivity contribution in [2.24, 2.45) is 0 Å². The maximum atomic E-state index is 12.3. The lowest BCUT2D eigenvalue weighted by Gasteiger charge is -2.11. The number of benzene rings is 1. The number of aromatic nitrogens is 2. The van der Waals surface area contributed by atoms with Gasteiger partial charge in [-0.3, -0.25) is 9.89 Å². The fourth-order valence-corrected chi connectivity index (χ4v) is 2.63. The number of nitriles is 1. The topological polar surface area (TPSA) is 81.6 Å². The molecule has 5 nitrogen and oxygen atoms in total. The molecule has 0 saturated heterocycles. The van der Waals surface area contributed by atoms with Gasteiger partial charge in [0.25, 0.3) is 5.91 Å². The van der Waals surface area contributed by atoms with Gasteiger partial charge in [0.05, 0.1) is 16.8 Å². The van der Waals surface area contributed by atoms with Crippen LogP contribution in [0.1, 0.15) is 46.5 Å². The third kappa shape index (κ3) is 2.94. The predicted octanol–water partition coefficient (Wildman–Crippen LogP) is 3.59. The van der Waals surface area contributed by atoms with Crippen LogP contribution in [0.15, 0.2) is 24.3 Å². The lowest BCUT2D eigenvalue weighted by Crippen LogP contribution is -2.28. The summed E-state index contributed by atoms with van der Waals surface area (Å²) < 4.78 is 0. The molecular weight excluding hydrogens is 323 g/mol. The second-order valence-electron chi connectivity index (χ2n) is 5.16. The van der Waals surface area contributed by atoms with E-state index >= 15 is 0 Å². The average molecular weight is 335 g/mol. The quantitative estimate of drug-likeness (QED) is 0.896. The molecule has 112 valence electrons. The number of aromatic amines is 1. The molecule has 0 spiro atoms. The molecular formula is C15H12Cl2N4O. The first-order valence-electron chi connectivity index (χ1n) is 6.80. The van der Waals surface area contributed by atoms with E-state index in [4.69, 9.17) is 23.2 Å². The molecule has 3 rings (SSSR count). The van der Waals surface area contributed by atoms with Crippen LogP contribution >= 0.6 is 23.2 Å². The minimum Gasteiger partial charge on any atom is -0.331 e. The third-order valence-electron chi connectivity index (χ3n) is 3.54. The van der Waals surface area contributed by atoms with Crippen LogP contribution in [0.25, 0.3) is 0 Å². The van der Waals surface area contributed by atoms with Crippen molar-refractivity contribution in [3.63, 3.8) is 0 Å². The summed E-state index contributed by atoms with van der Waals surface area (Å²) in [6.45, 7) is 0. The first-order valence-corrected chi connectivity index (χ1v) is 7.55. The number of hydrogen-bond donors (Lipinski definition) is 2. The monoisotopic (exact) mass is 334 g/mol. The number of rotatable bonds is 4. The summed E-state index contributed by atoms with van der Waals surface area (Å²) in [4.78, 5) is 12.3. The molecule has 7 heteroatoms. The van der Waals surface area contributed by atoms with Crippen LogP contribution in [0.2, 0.25) is 10.0 Å². The second-order valence-corrected chi connectivity index (χ2v) is 5.98. The number of carbonyl (C=O) groups excluding carboxylic acids is 1. The zero-order valence-electron chi connectivity index (χ0n) is 11.4. The van der Waals surface area contributed by atoms with E-state index in [9.17, 15) is 10.1 Å². The van der Waals surface area contributed by atoms with Crippen molar-refractivity contribution in [1.29, 1.82) is 5.26 Å². The fourth-order valence-electron chi connectivity index (χ4n) is 2.18. The van der Waals surface area contributed by atoms with Crippen molar-refractivity contribution in [3.05, 3.63) is 51.3 Å². The van der Waals surface area contributed by atoms with Gasteiger partial charge in [0.2, 0.25) is 0 Å². The minimum absolute atomic E-state index is 0.123. The summed E-state index contributed by atoms with van der Waals surface area (Å²) in [6, 6.07) is 7.97. The number of H-pyrrole nitrogens is 1. The first kappa shape index (κ1) is 14.9. The Labute approximate surface area is 137 Å². The van der Waals surface area contributed by atoms with Gasteiger partial charge in [0, 0.05) is 10.9 Å². The first-order chi connectivity index (χ1) is 10.6. The summed E-state index contributed by atoms with van der Waals surface area (Å²) in [7, 11) is 0. The van der Waals surface area contributed by atoms with Gasteiger partial charge < -0.3 is 5.32 Å². The van der Waals surface area contributed by atoms with Gasteiger partial charge in [0.15, 0.2) is 5.69 Å². The summed E-state index contributed by atoms with van der Waals surface area (Å²) in [5.41, 5.74) is 1.57. The Bertz CT molecular complexity index is 744. The maximum absolute atomic E-state index is 12.3. The lowest BCUT2D eigenvalue weighted by atomic mass is 10.1. The zero-order valence-corrected chi connectivity index (χ0v) is 12.9. The normalized spacial score (nSPS) is 15.1.